The number of aromatic nitrogens is 3. The Morgan fingerprint density at radius 2 is 2.33 bits per heavy atom. The molecule has 0 spiro atoms. The summed E-state index contributed by atoms with van der Waals surface area (Å²) in [5, 5.41) is 0. The predicted molar refractivity (Wildman–Crippen MR) is 73.2 cm³/mol. The first-order valence-electron chi connectivity index (χ1n) is 6.14. The van der Waals surface area contributed by atoms with Crippen LogP contribution in [0.4, 0.5) is 0 Å². The maximum Gasteiger partial charge on any atom is 0.160 e. The fraction of sp³-hybridized carbons (Fsp3) is 0.538. The van der Waals surface area contributed by atoms with E-state index in [2.05, 4.69) is 21.5 Å². The second kappa shape index (κ2) is 6.16. The highest BCUT2D eigenvalue weighted by molar-refractivity contribution is 6.17. The van der Waals surface area contributed by atoms with Crippen LogP contribution in [0.1, 0.15) is 25.2 Å². The summed E-state index contributed by atoms with van der Waals surface area (Å²) in [6.07, 6.45) is 3.50. The maximum atomic E-state index is 5.85. The topological polar surface area (TPSA) is 39.9 Å². The fourth-order valence-electron chi connectivity index (χ4n) is 2.12. The molecule has 0 aliphatic carbocycles. The molecule has 0 saturated heterocycles. The van der Waals surface area contributed by atoms with Crippen LogP contribution in [0.2, 0.25) is 0 Å². The Hall–Kier alpha value is -1.13. The van der Waals surface area contributed by atoms with E-state index in [0.29, 0.717) is 11.9 Å². The summed E-state index contributed by atoms with van der Waals surface area (Å²) in [6.45, 7) is 2.89. The number of ether oxygens (including phenoxy) is 1. The number of aryl methyl sites for hydroxylation is 1. The average molecular weight is 268 g/mol. The Labute approximate surface area is 112 Å². The van der Waals surface area contributed by atoms with Crippen molar-refractivity contribution in [2.45, 2.75) is 25.8 Å². The van der Waals surface area contributed by atoms with Gasteiger partial charge in [-0.1, -0.05) is 0 Å². The van der Waals surface area contributed by atoms with Gasteiger partial charge in [0.1, 0.15) is 11.3 Å². The van der Waals surface area contributed by atoms with Crippen LogP contribution in [-0.2, 0) is 11.2 Å². The first-order chi connectivity index (χ1) is 8.77. The van der Waals surface area contributed by atoms with Gasteiger partial charge in [0, 0.05) is 38.3 Å². The van der Waals surface area contributed by atoms with Crippen molar-refractivity contribution in [2.24, 2.45) is 0 Å². The highest BCUT2D eigenvalue weighted by atomic mass is 35.5. The molecule has 5 heteroatoms. The first kappa shape index (κ1) is 13.3. The van der Waals surface area contributed by atoms with Crippen LogP contribution in [0, 0.1) is 0 Å². The van der Waals surface area contributed by atoms with E-state index in [1.165, 1.54) is 0 Å². The number of rotatable bonds is 6. The molecule has 0 bridgehead atoms. The van der Waals surface area contributed by atoms with Crippen LogP contribution in [0.5, 0.6) is 0 Å². The molecule has 2 rings (SSSR count). The van der Waals surface area contributed by atoms with Crippen LogP contribution < -0.4 is 0 Å². The summed E-state index contributed by atoms with van der Waals surface area (Å²) in [5.74, 6) is 1.57. The van der Waals surface area contributed by atoms with Crippen molar-refractivity contribution in [2.75, 3.05) is 19.6 Å². The zero-order chi connectivity index (χ0) is 13.0. The van der Waals surface area contributed by atoms with Gasteiger partial charge in [0.25, 0.3) is 0 Å². The number of methoxy groups -OCH3 is 1. The van der Waals surface area contributed by atoms with Crippen molar-refractivity contribution in [1.82, 2.24) is 14.5 Å². The fourth-order valence-corrected chi connectivity index (χ4v) is 2.29. The third-order valence-electron chi connectivity index (χ3n) is 3.02. The number of pyridine rings is 1. The van der Waals surface area contributed by atoms with Crippen LogP contribution in [0.15, 0.2) is 18.3 Å². The zero-order valence-electron chi connectivity index (χ0n) is 10.8. The standard InChI is InChI=1S/C13H18ClN3O/c1-10(6-9-18-2)17-12(5-7-14)16-11-4-3-8-15-13(11)17/h3-4,8,10H,5-7,9H2,1-2H3. The molecule has 98 valence electrons. The first-order valence-corrected chi connectivity index (χ1v) is 6.68. The van der Waals surface area contributed by atoms with Crippen LogP contribution in [-0.4, -0.2) is 34.1 Å². The van der Waals surface area contributed by atoms with Crippen molar-refractivity contribution in [3.8, 4) is 0 Å². The van der Waals surface area contributed by atoms with Crippen molar-refractivity contribution in [3.05, 3.63) is 24.2 Å². The van der Waals surface area contributed by atoms with Gasteiger partial charge in [0.05, 0.1) is 0 Å². The summed E-state index contributed by atoms with van der Waals surface area (Å²) < 4.78 is 7.32. The van der Waals surface area contributed by atoms with E-state index in [4.69, 9.17) is 16.3 Å². The predicted octanol–water partition coefficient (Wildman–Crippen LogP) is 2.81. The Morgan fingerprint density at radius 1 is 1.50 bits per heavy atom. The monoisotopic (exact) mass is 267 g/mol. The van der Waals surface area contributed by atoms with Crippen LogP contribution in [0.25, 0.3) is 11.2 Å². The molecule has 0 fully saturated rings. The van der Waals surface area contributed by atoms with Gasteiger partial charge in [-0.3, -0.25) is 0 Å². The Balaban J connectivity index is 2.40. The Kier molecular flexibility index (Phi) is 4.55. The third-order valence-corrected chi connectivity index (χ3v) is 3.21. The molecule has 0 aliphatic rings. The average Bonchev–Trinajstić information content (AvgIpc) is 2.74. The van der Waals surface area contributed by atoms with Gasteiger partial charge >= 0.3 is 0 Å². The number of hydrogen-bond donors (Lipinski definition) is 0. The molecule has 0 aromatic carbocycles. The minimum Gasteiger partial charge on any atom is -0.385 e. The van der Waals surface area contributed by atoms with Crippen molar-refractivity contribution in [1.29, 1.82) is 0 Å². The molecule has 0 saturated carbocycles. The summed E-state index contributed by atoms with van der Waals surface area (Å²) in [5.41, 5.74) is 1.86. The van der Waals surface area contributed by atoms with Gasteiger partial charge in [0.2, 0.25) is 0 Å². The van der Waals surface area contributed by atoms with Crippen molar-refractivity contribution >= 4 is 22.8 Å². The quantitative estimate of drug-likeness (QED) is 0.756. The second-order valence-corrected chi connectivity index (χ2v) is 4.69. The van der Waals surface area contributed by atoms with Gasteiger partial charge in [0.15, 0.2) is 5.65 Å². The molecular weight excluding hydrogens is 250 g/mol. The van der Waals surface area contributed by atoms with E-state index >= 15 is 0 Å². The summed E-state index contributed by atoms with van der Waals surface area (Å²) in [7, 11) is 1.72. The van der Waals surface area contributed by atoms with E-state index < -0.39 is 0 Å². The molecule has 1 unspecified atom stereocenters. The molecule has 2 aromatic rings. The highest BCUT2D eigenvalue weighted by Crippen LogP contribution is 2.22. The van der Waals surface area contributed by atoms with Crippen molar-refractivity contribution < 1.29 is 4.74 Å². The zero-order valence-corrected chi connectivity index (χ0v) is 11.5. The maximum absolute atomic E-state index is 5.85. The lowest BCUT2D eigenvalue weighted by molar-refractivity contribution is 0.181. The highest BCUT2D eigenvalue weighted by Gasteiger charge is 2.15. The lowest BCUT2D eigenvalue weighted by Gasteiger charge is -2.16. The summed E-state index contributed by atoms with van der Waals surface area (Å²) >= 11 is 5.85. The normalized spacial score (nSPS) is 13.1. The van der Waals surface area contributed by atoms with Crippen molar-refractivity contribution in [3.63, 3.8) is 0 Å². The smallest absolute Gasteiger partial charge is 0.160 e. The molecular formula is C13H18ClN3O. The lowest BCUT2D eigenvalue weighted by Crippen LogP contribution is -2.12. The van der Waals surface area contributed by atoms with E-state index in [-0.39, 0.29) is 0 Å². The number of nitrogens with zero attached hydrogens (tertiary/aromatic N) is 3. The number of alkyl halides is 1. The lowest BCUT2D eigenvalue weighted by atomic mass is 10.2. The van der Waals surface area contributed by atoms with E-state index in [9.17, 15) is 0 Å². The molecule has 4 nitrogen and oxygen atoms in total. The largest absolute Gasteiger partial charge is 0.385 e. The molecule has 1 atom stereocenters. The van der Waals surface area contributed by atoms with E-state index in [1.54, 1.807) is 13.3 Å². The van der Waals surface area contributed by atoms with Crippen LogP contribution in [0.3, 0.4) is 0 Å². The van der Waals surface area contributed by atoms with Gasteiger partial charge < -0.3 is 9.30 Å². The van der Waals surface area contributed by atoms with Gasteiger partial charge in [-0.05, 0) is 25.5 Å². The molecule has 0 N–H and O–H groups in total. The van der Waals surface area contributed by atoms with E-state index in [1.807, 2.05) is 12.1 Å². The number of halogens is 1. The van der Waals surface area contributed by atoms with Gasteiger partial charge in [-0.25, -0.2) is 9.97 Å². The van der Waals surface area contributed by atoms with E-state index in [0.717, 1.165) is 36.4 Å². The minimum absolute atomic E-state index is 0.308. The summed E-state index contributed by atoms with van der Waals surface area (Å²) in [4.78, 5) is 9.04. The Bertz CT molecular complexity index is 512. The summed E-state index contributed by atoms with van der Waals surface area (Å²) in [6, 6.07) is 4.20. The molecule has 18 heavy (non-hydrogen) atoms. The number of fused-ring (bicyclic) bond motifs is 1. The molecule has 0 amide bonds. The molecule has 0 radical (unpaired) electrons. The van der Waals surface area contributed by atoms with Crippen LogP contribution >= 0.6 is 11.6 Å². The molecule has 0 aliphatic heterocycles. The third kappa shape index (κ3) is 2.65. The molecule has 2 aromatic heterocycles. The number of hydrogen-bond acceptors (Lipinski definition) is 3. The SMILES string of the molecule is COCCC(C)n1c(CCCl)nc2cccnc21. The Morgan fingerprint density at radius 3 is 3.06 bits per heavy atom. The minimum atomic E-state index is 0.308. The number of imidazole rings is 1. The van der Waals surface area contributed by atoms with Gasteiger partial charge in [-0.2, -0.15) is 0 Å². The second-order valence-electron chi connectivity index (χ2n) is 4.31. The molecule has 2 heterocycles. The van der Waals surface area contributed by atoms with Gasteiger partial charge in [-0.15, -0.1) is 11.6 Å².